The van der Waals surface area contributed by atoms with Crippen molar-refractivity contribution in [1.82, 2.24) is 5.32 Å². The Morgan fingerprint density at radius 2 is 2.15 bits per heavy atom. The van der Waals surface area contributed by atoms with Crippen LogP contribution in [0, 0.1) is 0 Å². The van der Waals surface area contributed by atoms with Gasteiger partial charge in [0.15, 0.2) is 5.78 Å². The van der Waals surface area contributed by atoms with E-state index in [0.717, 1.165) is 4.48 Å². The van der Waals surface area contributed by atoms with Gasteiger partial charge in [0.2, 0.25) is 0 Å². The molecule has 1 N–H and O–H groups in total. The van der Waals surface area contributed by atoms with Gasteiger partial charge in [-0.2, -0.15) is 0 Å². The minimum Gasteiger partial charge on any atom is -0.383 e. The molecule has 0 saturated heterocycles. The molecule has 0 aromatic rings. The van der Waals surface area contributed by atoms with Gasteiger partial charge < -0.3 is 5.32 Å². The van der Waals surface area contributed by atoms with Gasteiger partial charge in [-0.05, 0) is 13.8 Å². The van der Waals surface area contributed by atoms with E-state index in [0.29, 0.717) is 0 Å². The van der Waals surface area contributed by atoms with E-state index in [2.05, 4.69) is 21.2 Å². The number of ketones is 1. The molecule has 0 fully saturated rings. The lowest BCUT2D eigenvalue weighted by molar-refractivity contribution is -0.113. The number of hydrogen-bond acceptors (Lipinski definition) is 2. The van der Waals surface area contributed by atoms with Crippen LogP contribution in [0.1, 0.15) is 20.8 Å². The minimum absolute atomic E-state index is 0.123. The highest BCUT2D eigenvalue weighted by Gasteiger charge is 2.03. The van der Waals surface area contributed by atoms with E-state index < -0.39 is 0 Å². The molecule has 0 aliphatic carbocycles. The Morgan fingerprint density at radius 1 is 1.62 bits per heavy atom. The first-order valence-electron chi connectivity index (χ1n) is 3.93. The van der Waals surface area contributed by atoms with Crippen LogP contribution in [0.4, 0.5) is 0 Å². The molecule has 74 valence electrons. The lowest BCUT2D eigenvalue weighted by atomic mass is 10.3. The van der Waals surface area contributed by atoms with Crippen molar-refractivity contribution in [2.75, 3.05) is 0 Å². The predicted octanol–water partition coefficient (Wildman–Crippen LogP) is 2.93. The van der Waals surface area contributed by atoms with E-state index in [9.17, 15) is 4.79 Å². The number of allylic oxidation sites excluding steroid dienone is 2. The Hall–Kier alpha value is -0.280. The maximum Gasteiger partial charge on any atom is 0.172 e. The second-order valence-corrected chi connectivity index (χ2v) is 3.93. The molecule has 2 nitrogen and oxygen atoms in total. The minimum atomic E-state index is -0.141. The van der Waals surface area contributed by atoms with Crippen LogP contribution in [-0.4, -0.2) is 11.8 Å². The first-order valence-corrected chi connectivity index (χ1v) is 5.10. The van der Waals surface area contributed by atoms with Crippen molar-refractivity contribution in [2.24, 2.45) is 0 Å². The number of halogens is 2. The Bertz CT molecular complexity index is 248. The average molecular weight is 267 g/mol. The van der Waals surface area contributed by atoms with Crippen molar-refractivity contribution < 1.29 is 4.79 Å². The van der Waals surface area contributed by atoms with Gasteiger partial charge in [0.05, 0.1) is 11.1 Å². The summed E-state index contributed by atoms with van der Waals surface area (Å²) in [5.74, 6) is -0.141. The van der Waals surface area contributed by atoms with E-state index in [1.807, 2.05) is 19.9 Å². The van der Waals surface area contributed by atoms with E-state index in [1.54, 1.807) is 0 Å². The van der Waals surface area contributed by atoms with Gasteiger partial charge in [-0.15, -0.1) is 0 Å². The van der Waals surface area contributed by atoms with E-state index in [4.69, 9.17) is 11.6 Å². The van der Waals surface area contributed by atoms with Crippen molar-refractivity contribution in [3.63, 3.8) is 0 Å². The molecule has 0 saturated carbocycles. The molecule has 0 radical (unpaired) electrons. The van der Waals surface area contributed by atoms with Crippen LogP contribution in [0.25, 0.3) is 0 Å². The summed E-state index contributed by atoms with van der Waals surface area (Å²) in [6.07, 6.45) is 3.45. The zero-order chi connectivity index (χ0) is 10.4. The third kappa shape index (κ3) is 5.11. The van der Waals surface area contributed by atoms with Gasteiger partial charge in [0.1, 0.15) is 0 Å². The molecule has 0 spiro atoms. The fourth-order valence-corrected chi connectivity index (χ4v) is 0.825. The summed E-state index contributed by atoms with van der Waals surface area (Å²) < 4.78 is 1.02. The summed E-state index contributed by atoms with van der Waals surface area (Å²) in [5.41, 5.74) is 0. The summed E-state index contributed by atoms with van der Waals surface area (Å²) in [4.78, 5) is 10.7. The fourth-order valence-electron chi connectivity index (χ4n) is 0.629. The maximum absolute atomic E-state index is 10.7. The number of hydrogen-bond donors (Lipinski definition) is 1. The largest absolute Gasteiger partial charge is 0.383 e. The highest BCUT2D eigenvalue weighted by molar-refractivity contribution is 9.11. The average Bonchev–Trinajstić information content (AvgIpc) is 2.11. The van der Waals surface area contributed by atoms with Crippen molar-refractivity contribution in [2.45, 2.75) is 26.8 Å². The maximum atomic E-state index is 10.7. The Balaban J connectivity index is 4.17. The molecule has 0 bridgehead atoms. The van der Waals surface area contributed by atoms with Crippen LogP contribution >= 0.6 is 27.5 Å². The summed E-state index contributed by atoms with van der Waals surface area (Å²) in [6, 6.07) is 0.123. The number of rotatable bonds is 4. The highest BCUT2D eigenvalue weighted by Crippen LogP contribution is 2.10. The monoisotopic (exact) mass is 265 g/mol. The molecule has 0 heterocycles. The molecule has 0 amide bonds. The molecule has 0 aliphatic rings. The van der Waals surface area contributed by atoms with Crippen LogP contribution < -0.4 is 5.32 Å². The smallest absolute Gasteiger partial charge is 0.172 e. The molecular formula is C9H13BrClNO. The van der Waals surface area contributed by atoms with Gasteiger partial charge >= 0.3 is 0 Å². The van der Waals surface area contributed by atoms with Crippen molar-refractivity contribution in [3.05, 3.63) is 21.8 Å². The van der Waals surface area contributed by atoms with E-state index in [-0.39, 0.29) is 16.9 Å². The number of nitrogens with one attached hydrogen (secondary N) is 1. The van der Waals surface area contributed by atoms with Crippen LogP contribution in [0.5, 0.6) is 0 Å². The molecule has 0 aromatic carbocycles. The highest BCUT2D eigenvalue weighted by atomic mass is 79.9. The summed E-state index contributed by atoms with van der Waals surface area (Å²) >= 11 is 8.99. The third-order valence-electron chi connectivity index (χ3n) is 1.49. The number of carbonyl (C=O) groups excluding carboxylic acids is 1. The molecule has 1 unspecified atom stereocenters. The standard InChI is InChI=1S/C9H13BrClNO/c1-4-8(10)6(2)12-5-9(11)7(3)13/h4-6,12H,1-3H3/b8-4-,9-5?. The number of carbonyl (C=O) groups is 1. The van der Waals surface area contributed by atoms with Crippen LogP contribution in [0.2, 0.25) is 0 Å². The fraction of sp³-hybridized carbons (Fsp3) is 0.444. The summed E-state index contributed by atoms with van der Waals surface area (Å²) in [6.45, 7) is 5.32. The van der Waals surface area contributed by atoms with Crippen LogP contribution in [0.15, 0.2) is 21.8 Å². The van der Waals surface area contributed by atoms with Crippen LogP contribution in [-0.2, 0) is 4.79 Å². The van der Waals surface area contributed by atoms with Gasteiger partial charge in [-0.3, -0.25) is 4.79 Å². The predicted molar refractivity (Wildman–Crippen MR) is 59.9 cm³/mol. The van der Waals surface area contributed by atoms with Crippen molar-refractivity contribution >= 4 is 33.3 Å². The zero-order valence-corrected chi connectivity index (χ0v) is 10.2. The molecule has 0 rings (SSSR count). The quantitative estimate of drug-likeness (QED) is 0.793. The zero-order valence-electron chi connectivity index (χ0n) is 7.90. The van der Waals surface area contributed by atoms with Gasteiger partial charge in [0, 0.05) is 17.6 Å². The lowest BCUT2D eigenvalue weighted by Gasteiger charge is -2.10. The number of Topliss-reactive ketones (excluding diaryl/α,β-unsaturated/α-hetero) is 1. The van der Waals surface area contributed by atoms with Gasteiger partial charge in [-0.25, -0.2) is 0 Å². The molecule has 0 aliphatic heterocycles. The SMILES string of the molecule is C/C=C(\Br)C(C)NC=C(Cl)C(C)=O. The van der Waals surface area contributed by atoms with Crippen molar-refractivity contribution in [1.29, 1.82) is 0 Å². The topological polar surface area (TPSA) is 29.1 Å². The normalized spacial score (nSPS) is 15.5. The Kier molecular flexibility index (Phi) is 6.08. The first kappa shape index (κ1) is 12.7. The van der Waals surface area contributed by atoms with Crippen molar-refractivity contribution in [3.8, 4) is 0 Å². The van der Waals surface area contributed by atoms with Crippen LogP contribution in [0.3, 0.4) is 0 Å². The van der Waals surface area contributed by atoms with E-state index in [1.165, 1.54) is 13.1 Å². The molecule has 4 heteroatoms. The lowest BCUT2D eigenvalue weighted by Crippen LogP contribution is -2.21. The first-order chi connectivity index (χ1) is 5.99. The molecular weight excluding hydrogens is 253 g/mol. The second kappa shape index (κ2) is 6.22. The molecule has 13 heavy (non-hydrogen) atoms. The molecule has 0 aromatic heterocycles. The summed E-state index contributed by atoms with van der Waals surface area (Å²) in [7, 11) is 0. The Morgan fingerprint density at radius 3 is 2.54 bits per heavy atom. The Labute approximate surface area is 92.2 Å². The van der Waals surface area contributed by atoms with E-state index >= 15 is 0 Å². The van der Waals surface area contributed by atoms with Gasteiger partial charge in [0.25, 0.3) is 0 Å². The second-order valence-electron chi connectivity index (χ2n) is 2.61. The van der Waals surface area contributed by atoms with Gasteiger partial charge in [-0.1, -0.05) is 33.6 Å². The summed E-state index contributed by atoms with van der Waals surface area (Å²) in [5, 5.41) is 3.20. The molecule has 1 atom stereocenters. The third-order valence-corrected chi connectivity index (χ3v) is 3.01.